The number of likely N-dealkylation sites (tertiary alicyclic amines) is 1. The lowest BCUT2D eigenvalue weighted by Crippen LogP contribution is -2.51. The van der Waals surface area contributed by atoms with Crippen LogP contribution in [0.4, 0.5) is 0 Å². The third-order valence-electron chi connectivity index (χ3n) is 4.38. The van der Waals surface area contributed by atoms with E-state index in [1.165, 1.54) is 0 Å². The Hall–Kier alpha value is -1.14. The maximum Gasteiger partial charge on any atom is 0.317 e. The lowest BCUT2D eigenvalue weighted by Gasteiger charge is -2.32. The predicted molar refractivity (Wildman–Crippen MR) is 82.2 cm³/mol. The summed E-state index contributed by atoms with van der Waals surface area (Å²) in [6.45, 7) is 11.1. The van der Waals surface area contributed by atoms with E-state index in [2.05, 4.69) is 24.1 Å². The summed E-state index contributed by atoms with van der Waals surface area (Å²) >= 11 is 0. The molecule has 122 valence electrons. The van der Waals surface area contributed by atoms with Gasteiger partial charge in [0.05, 0.1) is 12.6 Å². The lowest BCUT2D eigenvalue weighted by atomic mass is 10.0. The summed E-state index contributed by atoms with van der Waals surface area (Å²) in [4.78, 5) is 27.4. The molecule has 0 aliphatic carbocycles. The molecule has 21 heavy (non-hydrogen) atoms. The molecule has 1 aliphatic rings. The van der Waals surface area contributed by atoms with Crippen LogP contribution in [-0.2, 0) is 9.59 Å². The number of rotatable bonds is 8. The van der Waals surface area contributed by atoms with E-state index in [0.29, 0.717) is 13.1 Å². The monoisotopic (exact) mass is 299 g/mol. The Morgan fingerprint density at radius 3 is 2.43 bits per heavy atom. The minimum atomic E-state index is -0.865. The van der Waals surface area contributed by atoms with Crippen molar-refractivity contribution in [1.29, 1.82) is 0 Å². The highest BCUT2D eigenvalue weighted by Gasteiger charge is 2.38. The first-order valence-corrected chi connectivity index (χ1v) is 7.86. The zero-order valence-corrected chi connectivity index (χ0v) is 13.7. The third kappa shape index (κ3) is 4.68. The highest BCUT2D eigenvalue weighted by atomic mass is 16.4. The topological polar surface area (TPSA) is 72.9 Å². The van der Waals surface area contributed by atoms with E-state index in [0.717, 1.165) is 25.9 Å². The molecule has 1 amide bonds. The smallest absolute Gasteiger partial charge is 0.317 e. The van der Waals surface area contributed by atoms with Crippen LogP contribution in [0.25, 0.3) is 0 Å². The molecule has 2 atom stereocenters. The Morgan fingerprint density at radius 2 is 1.95 bits per heavy atom. The summed E-state index contributed by atoms with van der Waals surface area (Å²) in [5, 5.41) is 11.8. The molecule has 1 fully saturated rings. The lowest BCUT2D eigenvalue weighted by molar-refractivity contribution is -0.136. The number of carboxylic acids is 1. The van der Waals surface area contributed by atoms with Crippen molar-refractivity contribution < 1.29 is 14.7 Å². The van der Waals surface area contributed by atoms with Gasteiger partial charge < -0.3 is 10.0 Å². The van der Waals surface area contributed by atoms with Crippen molar-refractivity contribution in [3.8, 4) is 0 Å². The minimum Gasteiger partial charge on any atom is -0.480 e. The van der Waals surface area contributed by atoms with Gasteiger partial charge in [0, 0.05) is 18.6 Å². The Morgan fingerprint density at radius 1 is 1.33 bits per heavy atom. The SMILES string of the molecule is CCC(C(=O)N1CCC(C)(NCC(=O)O)C1)N(CC)CC. The van der Waals surface area contributed by atoms with E-state index < -0.39 is 5.97 Å². The second-order valence-corrected chi connectivity index (χ2v) is 5.96. The van der Waals surface area contributed by atoms with Crippen molar-refractivity contribution in [1.82, 2.24) is 15.1 Å². The number of carboxylic acid groups (broad SMARTS) is 1. The highest BCUT2D eigenvalue weighted by molar-refractivity contribution is 5.82. The molecule has 1 rings (SSSR count). The fraction of sp³-hybridized carbons (Fsp3) is 0.867. The second kappa shape index (κ2) is 7.75. The van der Waals surface area contributed by atoms with E-state index in [1.54, 1.807) is 0 Å². The first kappa shape index (κ1) is 17.9. The van der Waals surface area contributed by atoms with Crippen LogP contribution in [0.5, 0.6) is 0 Å². The molecule has 2 N–H and O–H groups in total. The van der Waals surface area contributed by atoms with Crippen LogP contribution in [0.2, 0.25) is 0 Å². The van der Waals surface area contributed by atoms with Crippen LogP contribution in [0, 0.1) is 0 Å². The van der Waals surface area contributed by atoms with Gasteiger partial charge in [-0.05, 0) is 32.9 Å². The van der Waals surface area contributed by atoms with Crippen molar-refractivity contribution in [3.05, 3.63) is 0 Å². The number of carbonyl (C=O) groups excluding carboxylic acids is 1. The molecule has 6 heteroatoms. The summed E-state index contributed by atoms with van der Waals surface area (Å²) in [5.74, 6) is -0.697. The van der Waals surface area contributed by atoms with Gasteiger partial charge in [-0.15, -0.1) is 0 Å². The zero-order chi connectivity index (χ0) is 16.0. The van der Waals surface area contributed by atoms with Crippen LogP contribution >= 0.6 is 0 Å². The average Bonchev–Trinajstić information content (AvgIpc) is 2.85. The molecule has 1 heterocycles. The maximum atomic E-state index is 12.7. The highest BCUT2D eigenvalue weighted by Crippen LogP contribution is 2.22. The fourth-order valence-electron chi connectivity index (χ4n) is 3.05. The van der Waals surface area contributed by atoms with Gasteiger partial charge in [-0.25, -0.2) is 0 Å². The Kier molecular flexibility index (Phi) is 6.61. The van der Waals surface area contributed by atoms with Gasteiger partial charge >= 0.3 is 5.97 Å². The molecule has 0 bridgehead atoms. The summed E-state index contributed by atoms with van der Waals surface area (Å²) in [6.07, 6.45) is 1.59. The average molecular weight is 299 g/mol. The van der Waals surface area contributed by atoms with Crippen molar-refractivity contribution >= 4 is 11.9 Å². The molecule has 0 radical (unpaired) electrons. The fourth-order valence-corrected chi connectivity index (χ4v) is 3.05. The van der Waals surface area contributed by atoms with E-state index in [9.17, 15) is 9.59 Å². The van der Waals surface area contributed by atoms with Crippen molar-refractivity contribution in [2.24, 2.45) is 0 Å². The van der Waals surface area contributed by atoms with E-state index >= 15 is 0 Å². The summed E-state index contributed by atoms with van der Waals surface area (Å²) < 4.78 is 0. The Bertz CT molecular complexity index is 371. The Labute approximate surface area is 127 Å². The van der Waals surface area contributed by atoms with E-state index in [4.69, 9.17) is 5.11 Å². The molecule has 0 saturated carbocycles. The first-order valence-electron chi connectivity index (χ1n) is 7.86. The number of aliphatic carboxylic acids is 1. The molecule has 0 aromatic carbocycles. The summed E-state index contributed by atoms with van der Waals surface area (Å²) in [6, 6.07) is -0.0678. The molecule has 1 saturated heterocycles. The van der Waals surface area contributed by atoms with E-state index in [1.807, 2.05) is 18.7 Å². The van der Waals surface area contributed by atoms with Crippen molar-refractivity contribution in [3.63, 3.8) is 0 Å². The summed E-state index contributed by atoms with van der Waals surface area (Å²) in [7, 11) is 0. The van der Waals surface area contributed by atoms with Gasteiger partial charge in [-0.1, -0.05) is 20.8 Å². The van der Waals surface area contributed by atoms with Crippen LogP contribution in [0.1, 0.15) is 40.5 Å². The van der Waals surface area contributed by atoms with Gasteiger partial charge in [0.1, 0.15) is 0 Å². The molecular formula is C15H29N3O3. The zero-order valence-electron chi connectivity index (χ0n) is 13.7. The van der Waals surface area contributed by atoms with Crippen LogP contribution in [0.15, 0.2) is 0 Å². The van der Waals surface area contributed by atoms with Gasteiger partial charge in [-0.3, -0.25) is 19.8 Å². The van der Waals surface area contributed by atoms with Crippen LogP contribution < -0.4 is 5.32 Å². The molecular weight excluding hydrogens is 270 g/mol. The minimum absolute atomic E-state index is 0.0637. The maximum absolute atomic E-state index is 12.7. The van der Waals surface area contributed by atoms with Gasteiger partial charge in [0.15, 0.2) is 0 Å². The predicted octanol–water partition coefficient (Wildman–Crippen LogP) is 0.772. The first-order chi connectivity index (χ1) is 9.86. The third-order valence-corrected chi connectivity index (χ3v) is 4.38. The second-order valence-electron chi connectivity index (χ2n) is 5.96. The Balaban J connectivity index is 2.65. The normalized spacial score (nSPS) is 23.6. The standard InChI is InChI=1S/C15H29N3O3/c1-5-12(17(6-2)7-3)14(21)18-9-8-15(4,11-18)16-10-13(19)20/h12,16H,5-11H2,1-4H3,(H,19,20). The van der Waals surface area contributed by atoms with Gasteiger partial charge in [-0.2, -0.15) is 0 Å². The number of amides is 1. The quantitative estimate of drug-likeness (QED) is 0.693. The number of hydrogen-bond donors (Lipinski definition) is 2. The molecule has 0 aromatic heterocycles. The molecule has 0 aromatic rings. The van der Waals surface area contributed by atoms with Crippen LogP contribution in [-0.4, -0.2) is 71.1 Å². The number of nitrogens with zero attached hydrogens (tertiary/aromatic N) is 2. The molecule has 0 spiro atoms. The van der Waals surface area contributed by atoms with Crippen molar-refractivity contribution in [2.45, 2.75) is 52.1 Å². The van der Waals surface area contributed by atoms with E-state index in [-0.39, 0.29) is 24.0 Å². The van der Waals surface area contributed by atoms with Gasteiger partial charge in [0.25, 0.3) is 0 Å². The van der Waals surface area contributed by atoms with Gasteiger partial charge in [0.2, 0.25) is 5.91 Å². The number of likely N-dealkylation sites (N-methyl/N-ethyl adjacent to an activating group) is 1. The molecule has 6 nitrogen and oxygen atoms in total. The summed E-state index contributed by atoms with van der Waals surface area (Å²) in [5.41, 5.74) is -0.296. The number of carbonyl (C=O) groups is 2. The number of hydrogen-bond acceptors (Lipinski definition) is 4. The number of nitrogens with one attached hydrogen (secondary N) is 1. The molecule has 1 aliphatic heterocycles. The largest absolute Gasteiger partial charge is 0.480 e. The van der Waals surface area contributed by atoms with Crippen LogP contribution in [0.3, 0.4) is 0 Å². The molecule has 2 unspecified atom stereocenters. The van der Waals surface area contributed by atoms with Crippen molar-refractivity contribution in [2.75, 3.05) is 32.7 Å².